The molecule has 0 radical (unpaired) electrons. The van der Waals surface area contributed by atoms with Gasteiger partial charge < -0.3 is 14.9 Å². The summed E-state index contributed by atoms with van der Waals surface area (Å²) in [4.78, 5) is 26.6. The molecule has 6 unspecified atom stereocenters. The van der Waals surface area contributed by atoms with Crippen LogP contribution in [-0.2, 0) is 14.3 Å². The van der Waals surface area contributed by atoms with Crippen molar-refractivity contribution in [3.63, 3.8) is 0 Å². The fourth-order valence-corrected chi connectivity index (χ4v) is 9.05. The molecular formula is C29H38F2O5S. The first-order valence-electron chi connectivity index (χ1n) is 13.2. The minimum absolute atomic E-state index is 0.0244. The van der Waals surface area contributed by atoms with Gasteiger partial charge in [-0.2, -0.15) is 0 Å². The Kier molecular flexibility index (Phi) is 7.51. The average molecular weight is 537 g/mol. The summed E-state index contributed by atoms with van der Waals surface area (Å²) in [5.41, 5.74) is -5.77. The summed E-state index contributed by atoms with van der Waals surface area (Å²) in [5, 5.41) is 20.1. The van der Waals surface area contributed by atoms with E-state index in [1.807, 2.05) is 19.9 Å². The van der Waals surface area contributed by atoms with E-state index in [0.717, 1.165) is 11.8 Å². The van der Waals surface area contributed by atoms with Gasteiger partial charge in [-0.3, -0.25) is 9.59 Å². The highest BCUT2D eigenvalue weighted by atomic mass is 32.2. The number of carbonyl (C=O) groups excluding carboxylic acids is 2. The smallest absolute Gasteiger partial charge is 0.306 e. The van der Waals surface area contributed by atoms with Gasteiger partial charge in [0.05, 0.1) is 11.9 Å². The van der Waals surface area contributed by atoms with Crippen molar-refractivity contribution >= 4 is 22.8 Å². The summed E-state index contributed by atoms with van der Waals surface area (Å²) in [7, 11) is 0. The Morgan fingerprint density at radius 1 is 1.22 bits per heavy atom. The molecule has 0 aliphatic heterocycles. The lowest BCUT2D eigenvalue weighted by atomic mass is 9.44. The van der Waals surface area contributed by atoms with Gasteiger partial charge in [0.15, 0.2) is 11.3 Å². The molecule has 10 atom stereocenters. The highest BCUT2D eigenvalue weighted by Gasteiger charge is 2.78. The number of fused-ring (bicyclic) bond motifs is 5. The third-order valence-corrected chi connectivity index (χ3v) is 10.7. The van der Waals surface area contributed by atoms with Crippen LogP contribution in [0.5, 0.6) is 0 Å². The fourth-order valence-electron chi connectivity index (χ4n) is 8.06. The standard InChI is InChI=1S/C29H38F2O5S/c1-6-24(34)36-29(25(35)37-12-8-7-11-32)18(3)14-19-20-15-22(30)21-13-17(2)9-10-26(21,4)28(20,31)23(33)16-27(19,29)5/h9-10,13,17-20,22-23,32-33H,6,11-12,14-16H2,1-5H3/t17?,18-,19?,20?,22+,23?,26?,27?,28+,29+/m1/s1. The highest BCUT2D eigenvalue weighted by Crippen LogP contribution is 2.72. The van der Waals surface area contributed by atoms with Gasteiger partial charge in [-0.25, -0.2) is 8.78 Å². The number of ether oxygens (including phenoxy) is 1. The van der Waals surface area contributed by atoms with Crippen LogP contribution in [-0.4, -0.2) is 57.2 Å². The molecule has 3 saturated carbocycles. The summed E-state index contributed by atoms with van der Waals surface area (Å²) in [6.07, 6.45) is 2.73. The highest BCUT2D eigenvalue weighted by molar-refractivity contribution is 8.14. The minimum Gasteiger partial charge on any atom is -0.449 e. The van der Waals surface area contributed by atoms with Crippen molar-refractivity contribution in [3.8, 4) is 11.8 Å². The topological polar surface area (TPSA) is 83.8 Å². The van der Waals surface area contributed by atoms with Gasteiger partial charge in [-0.05, 0) is 43.6 Å². The third kappa shape index (κ3) is 3.86. The minimum atomic E-state index is -2.13. The largest absolute Gasteiger partial charge is 0.449 e. The molecule has 0 amide bonds. The molecule has 4 rings (SSSR count). The number of esters is 1. The molecule has 8 heteroatoms. The number of aliphatic hydroxyl groups excluding tert-OH is 2. The average Bonchev–Trinajstić information content (AvgIpc) is 3.06. The van der Waals surface area contributed by atoms with E-state index < -0.39 is 63.2 Å². The van der Waals surface area contributed by atoms with Gasteiger partial charge in [-0.1, -0.05) is 69.5 Å². The number of halogens is 2. The van der Waals surface area contributed by atoms with Crippen LogP contribution in [0, 0.1) is 46.3 Å². The summed E-state index contributed by atoms with van der Waals surface area (Å²) >= 11 is 0.900. The van der Waals surface area contributed by atoms with Crippen molar-refractivity contribution in [2.24, 2.45) is 34.5 Å². The summed E-state index contributed by atoms with van der Waals surface area (Å²) in [5.74, 6) is 2.91. The zero-order valence-corrected chi connectivity index (χ0v) is 23.0. The second-order valence-corrected chi connectivity index (χ2v) is 12.6. The summed E-state index contributed by atoms with van der Waals surface area (Å²) in [6, 6.07) is 0. The number of aliphatic hydroxyl groups is 2. The van der Waals surface area contributed by atoms with Crippen LogP contribution in [0.25, 0.3) is 0 Å². The van der Waals surface area contributed by atoms with Crippen LogP contribution >= 0.6 is 11.8 Å². The van der Waals surface area contributed by atoms with Crippen molar-refractivity contribution in [2.45, 2.75) is 83.8 Å². The molecule has 204 valence electrons. The summed E-state index contributed by atoms with van der Waals surface area (Å²) < 4.78 is 39.3. The molecule has 0 bridgehead atoms. The first-order valence-corrected chi connectivity index (χ1v) is 14.2. The SMILES string of the molecule is CCC(=O)O[C@]1(C(=O)SCC#CCO)[C@H](C)CC2C3C[C@H](F)C4=CC(C)C=CC4(C)[C@@]3(F)C(O)CC21C. The molecule has 37 heavy (non-hydrogen) atoms. The Morgan fingerprint density at radius 2 is 1.92 bits per heavy atom. The van der Waals surface area contributed by atoms with Crippen LogP contribution in [0.4, 0.5) is 8.78 Å². The molecule has 3 fully saturated rings. The monoisotopic (exact) mass is 536 g/mol. The quantitative estimate of drug-likeness (QED) is 0.311. The van der Waals surface area contributed by atoms with Crippen molar-refractivity contribution in [3.05, 3.63) is 23.8 Å². The van der Waals surface area contributed by atoms with E-state index in [1.54, 1.807) is 32.9 Å². The second kappa shape index (κ2) is 9.81. The molecule has 0 spiro atoms. The number of allylic oxidation sites excluding steroid dienone is 4. The molecule has 0 heterocycles. The molecule has 0 saturated heterocycles. The Labute approximate surface area is 222 Å². The Balaban J connectivity index is 1.82. The van der Waals surface area contributed by atoms with Gasteiger partial charge in [0.25, 0.3) is 0 Å². The number of thioether (sulfide) groups is 1. The van der Waals surface area contributed by atoms with Gasteiger partial charge in [0, 0.05) is 29.1 Å². The van der Waals surface area contributed by atoms with E-state index >= 15 is 8.78 Å². The molecule has 0 aromatic carbocycles. The number of hydrogen-bond donors (Lipinski definition) is 2. The van der Waals surface area contributed by atoms with Gasteiger partial charge in [0.2, 0.25) is 5.12 Å². The van der Waals surface area contributed by atoms with Crippen LogP contribution < -0.4 is 0 Å². The Bertz CT molecular complexity index is 1080. The van der Waals surface area contributed by atoms with E-state index in [0.29, 0.717) is 12.0 Å². The maximum atomic E-state index is 17.5. The van der Waals surface area contributed by atoms with E-state index in [-0.39, 0.29) is 37.5 Å². The lowest BCUT2D eigenvalue weighted by molar-refractivity contribution is -0.228. The van der Waals surface area contributed by atoms with Crippen LogP contribution in [0.1, 0.15) is 60.3 Å². The normalized spacial score (nSPS) is 46.0. The maximum Gasteiger partial charge on any atom is 0.306 e. The number of alkyl halides is 2. The van der Waals surface area contributed by atoms with Crippen LogP contribution in [0.2, 0.25) is 0 Å². The second-order valence-electron chi connectivity index (χ2n) is 11.7. The first kappa shape index (κ1) is 28.3. The van der Waals surface area contributed by atoms with Crippen LogP contribution in [0.15, 0.2) is 23.8 Å². The number of rotatable bonds is 4. The molecule has 4 aliphatic carbocycles. The lowest BCUT2D eigenvalue weighted by Crippen LogP contribution is -2.70. The predicted molar refractivity (Wildman–Crippen MR) is 139 cm³/mol. The summed E-state index contributed by atoms with van der Waals surface area (Å²) in [6.45, 7) is 8.52. The lowest BCUT2D eigenvalue weighted by Gasteiger charge is -2.63. The van der Waals surface area contributed by atoms with Gasteiger partial charge in [0.1, 0.15) is 12.8 Å². The van der Waals surface area contributed by atoms with Crippen molar-refractivity contribution < 1.29 is 33.3 Å². The van der Waals surface area contributed by atoms with E-state index in [2.05, 4.69) is 11.8 Å². The maximum absolute atomic E-state index is 17.5. The zero-order chi connectivity index (χ0) is 27.4. The molecule has 0 aromatic heterocycles. The Hall–Kier alpha value is -1.69. The van der Waals surface area contributed by atoms with Crippen molar-refractivity contribution in [2.75, 3.05) is 12.4 Å². The van der Waals surface area contributed by atoms with Crippen molar-refractivity contribution in [1.29, 1.82) is 0 Å². The van der Waals surface area contributed by atoms with E-state index in [9.17, 15) is 14.7 Å². The third-order valence-electron chi connectivity index (χ3n) is 9.81. The Morgan fingerprint density at radius 3 is 2.57 bits per heavy atom. The van der Waals surface area contributed by atoms with E-state index in [1.165, 1.54) is 0 Å². The van der Waals surface area contributed by atoms with Gasteiger partial charge in [-0.15, -0.1) is 0 Å². The molecule has 2 N–H and O–H groups in total. The molecule has 0 aromatic rings. The molecular weight excluding hydrogens is 498 g/mol. The first-order chi connectivity index (χ1) is 17.3. The fraction of sp³-hybridized carbons (Fsp3) is 0.724. The molecule has 4 aliphatic rings. The van der Waals surface area contributed by atoms with E-state index in [4.69, 9.17) is 9.84 Å². The van der Waals surface area contributed by atoms with Crippen molar-refractivity contribution in [1.82, 2.24) is 0 Å². The number of hydrogen-bond acceptors (Lipinski definition) is 6. The van der Waals surface area contributed by atoms with Gasteiger partial charge >= 0.3 is 5.97 Å². The van der Waals surface area contributed by atoms with Crippen LogP contribution in [0.3, 0.4) is 0 Å². The number of carbonyl (C=O) groups is 2. The predicted octanol–water partition coefficient (Wildman–Crippen LogP) is 4.57. The zero-order valence-electron chi connectivity index (χ0n) is 22.2. The molecule has 5 nitrogen and oxygen atoms in total.